The third-order valence-corrected chi connectivity index (χ3v) is 4.07. The van der Waals surface area contributed by atoms with Crippen LogP contribution in [0.25, 0.3) is 0 Å². The van der Waals surface area contributed by atoms with Crippen LogP contribution in [0, 0.1) is 5.92 Å². The number of ether oxygens (including phenoxy) is 2. The van der Waals surface area contributed by atoms with Crippen molar-refractivity contribution in [3.63, 3.8) is 0 Å². The molecule has 150 valence electrons. The van der Waals surface area contributed by atoms with Gasteiger partial charge in [-0.2, -0.15) is 0 Å². The first-order valence-corrected chi connectivity index (χ1v) is 9.30. The zero-order valence-electron chi connectivity index (χ0n) is 16.9. The summed E-state index contributed by atoms with van der Waals surface area (Å²) in [5.74, 6) is -1.45. The molecule has 2 atom stereocenters. The Labute approximate surface area is 161 Å². The Morgan fingerprint density at radius 3 is 2.26 bits per heavy atom. The van der Waals surface area contributed by atoms with Crippen molar-refractivity contribution in [2.75, 3.05) is 7.11 Å². The highest BCUT2D eigenvalue weighted by Crippen LogP contribution is 2.16. The average Bonchev–Trinajstić information content (AvgIpc) is 2.60. The Bertz CT molecular complexity index is 621. The van der Waals surface area contributed by atoms with Gasteiger partial charge >= 0.3 is 11.9 Å². The fraction of sp³-hybridized carbons (Fsp3) is 0.571. The van der Waals surface area contributed by atoms with E-state index in [0.29, 0.717) is 19.3 Å². The summed E-state index contributed by atoms with van der Waals surface area (Å²) in [6.45, 7) is 7.29. The number of hydrogen-bond acceptors (Lipinski definition) is 5. The van der Waals surface area contributed by atoms with Gasteiger partial charge in [0.1, 0.15) is 11.6 Å². The van der Waals surface area contributed by atoms with Crippen molar-refractivity contribution in [1.29, 1.82) is 0 Å². The van der Waals surface area contributed by atoms with Crippen LogP contribution >= 0.6 is 0 Å². The van der Waals surface area contributed by atoms with Crippen LogP contribution in [0.3, 0.4) is 0 Å². The summed E-state index contributed by atoms with van der Waals surface area (Å²) in [7, 11) is 1.30. The smallest absolute Gasteiger partial charge is 0.328 e. The minimum Gasteiger partial charge on any atom is -0.467 e. The van der Waals surface area contributed by atoms with Crippen LogP contribution in [0.5, 0.6) is 0 Å². The van der Waals surface area contributed by atoms with Crippen molar-refractivity contribution in [1.82, 2.24) is 5.32 Å². The van der Waals surface area contributed by atoms with Gasteiger partial charge in [0, 0.05) is 18.8 Å². The third kappa shape index (κ3) is 8.71. The van der Waals surface area contributed by atoms with Gasteiger partial charge in [0.05, 0.1) is 7.11 Å². The molecule has 0 spiro atoms. The first-order chi connectivity index (χ1) is 12.7. The lowest BCUT2D eigenvalue weighted by atomic mass is 9.98. The molecule has 0 aliphatic heterocycles. The fourth-order valence-electron chi connectivity index (χ4n) is 2.68. The zero-order valence-corrected chi connectivity index (χ0v) is 16.9. The number of carbonyl (C=O) groups is 3. The Balaban J connectivity index is 2.68. The molecule has 0 fully saturated rings. The number of benzene rings is 1. The second-order valence-electron chi connectivity index (χ2n) is 7.50. The van der Waals surface area contributed by atoms with E-state index in [4.69, 9.17) is 9.47 Å². The molecule has 0 bridgehead atoms. The van der Waals surface area contributed by atoms with E-state index in [1.807, 2.05) is 37.3 Å². The number of methoxy groups -OCH3 is 1. The van der Waals surface area contributed by atoms with Gasteiger partial charge in [-0.15, -0.1) is 0 Å². The summed E-state index contributed by atoms with van der Waals surface area (Å²) < 4.78 is 10.1. The molecule has 1 N–H and O–H groups in total. The van der Waals surface area contributed by atoms with Crippen LogP contribution in [0.4, 0.5) is 0 Å². The monoisotopic (exact) mass is 377 g/mol. The molecule has 0 aliphatic carbocycles. The largest absolute Gasteiger partial charge is 0.467 e. The second-order valence-corrected chi connectivity index (χ2v) is 7.50. The van der Waals surface area contributed by atoms with Crippen molar-refractivity contribution in [3.8, 4) is 0 Å². The molecule has 0 saturated heterocycles. The third-order valence-electron chi connectivity index (χ3n) is 4.07. The zero-order chi connectivity index (χ0) is 20.4. The summed E-state index contributed by atoms with van der Waals surface area (Å²) >= 11 is 0. The molecule has 0 heterocycles. The number of nitrogens with one attached hydrogen (secondary N) is 1. The van der Waals surface area contributed by atoms with E-state index in [0.717, 1.165) is 5.56 Å². The second kappa shape index (κ2) is 10.7. The molecular formula is C21H31NO5. The summed E-state index contributed by atoms with van der Waals surface area (Å²) in [6.07, 6.45) is 1.44. The van der Waals surface area contributed by atoms with Crippen LogP contribution in [-0.2, 0) is 30.3 Å². The molecule has 1 aromatic carbocycles. The first-order valence-electron chi connectivity index (χ1n) is 9.30. The van der Waals surface area contributed by atoms with Gasteiger partial charge < -0.3 is 14.8 Å². The van der Waals surface area contributed by atoms with Gasteiger partial charge in [-0.3, -0.25) is 9.59 Å². The molecule has 6 nitrogen and oxygen atoms in total. The van der Waals surface area contributed by atoms with Gasteiger partial charge in [-0.25, -0.2) is 4.79 Å². The van der Waals surface area contributed by atoms with Crippen molar-refractivity contribution in [2.24, 2.45) is 5.92 Å². The quantitative estimate of drug-likeness (QED) is 0.669. The number of rotatable bonds is 9. The van der Waals surface area contributed by atoms with Crippen molar-refractivity contribution in [3.05, 3.63) is 35.9 Å². The van der Waals surface area contributed by atoms with Crippen LogP contribution in [0.1, 0.15) is 52.5 Å². The maximum atomic E-state index is 12.6. The lowest BCUT2D eigenvalue weighted by Crippen LogP contribution is -2.45. The fourth-order valence-corrected chi connectivity index (χ4v) is 2.68. The molecular weight excluding hydrogens is 346 g/mol. The van der Waals surface area contributed by atoms with Crippen molar-refractivity contribution in [2.45, 2.75) is 65.0 Å². The first kappa shape index (κ1) is 22.7. The molecule has 6 heteroatoms. The normalized spacial score (nSPS) is 13.4. The Morgan fingerprint density at radius 2 is 1.74 bits per heavy atom. The van der Waals surface area contributed by atoms with E-state index in [1.165, 1.54) is 7.11 Å². The van der Waals surface area contributed by atoms with Crippen LogP contribution in [-0.4, -0.2) is 36.6 Å². The SMILES string of the molecule is CCC(CCC(=O)OC(C)(C)C)C(=O)NC(Cc1ccccc1)C(=O)OC. The maximum absolute atomic E-state index is 12.6. The minimum absolute atomic E-state index is 0.158. The standard InChI is InChI=1S/C21H31NO5/c1-6-16(12-13-18(23)27-21(2,3)4)19(24)22-17(20(25)26-5)14-15-10-8-7-9-11-15/h7-11,16-17H,6,12-14H2,1-5H3,(H,22,24). The van der Waals surface area contributed by atoms with Crippen molar-refractivity contribution >= 4 is 17.8 Å². The lowest BCUT2D eigenvalue weighted by molar-refractivity contribution is -0.155. The summed E-state index contributed by atoms with van der Waals surface area (Å²) in [5.41, 5.74) is 0.377. The van der Waals surface area contributed by atoms with E-state index >= 15 is 0 Å². The number of esters is 2. The van der Waals surface area contributed by atoms with Crippen LogP contribution in [0.2, 0.25) is 0 Å². The van der Waals surface area contributed by atoms with Crippen molar-refractivity contribution < 1.29 is 23.9 Å². The molecule has 1 rings (SSSR count). The molecule has 0 radical (unpaired) electrons. The average molecular weight is 377 g/mol. The number of hydrogen-bond donors (Lipinski definition) is 1. The predicted octanol–water partition coefficient (Wildman–Crippen LogP) is 3.04. The highest BCUT2D eigenvalue weighted by Gasteiger charge is 2.26. The summed E-state index contributed by atoms with van der Waals surface area (Å²) in [6, 6.07) is 8.66. The van der Waals surface area contributed by atoms with E-state index < -0.39 is 17.6 Å². The predicted molar refractivity (Wildman–Crippen MR) is 103 cm³/mol. The van der Waals surface area contributed by atoms with Gasteiger partial charge in [-0.05, 0) is 39.2 Å². The molecule has 2 unspecified atom stereocenters. The number of carbonyl (C=O) groups excluding carboxylic acids is 3. The van der Waals surface area contributed by atoms with Gasteiger partial charge in [-0.1, -0.05) is 37.3 Å². The number of amides is 1. The minimum atomic E-state index is -0.763. The summed E-state index contributed by atoms with van der Waals surface area (Å²) in [5, 5.41) is 2.77. The Hall–Kier alpha value is -2.37. The summed E-state index contributed by atoms with van der Waals surface area (Å²) in [4.78, 5) is 36.6. The van der Waals surface area contributed by atoms with Crippen LogP contribution < -0.4 is 5.32 Å². The topological polar surface area (TPSA) is 81.7 Å². The van der Waals surface area contributed by atoms with E-state index in [-0.39, 0.29) is 24.2 Å². The van der Waals surface area contributed by atoms with E-state index in [1.54, 1.807) is 20.8 Å². The molecule has 1 aromatic rings. The van der Waals surface area contributed by atoms with Gasteiger partial charge in [0.2, 0.25) is 5.91 Å². The maximum Gasteiger partial charge on any atom is 0.328 e. The van der Waals surface area contributed by atoms with E-state index in [2.05, 4.69) is 5.32 Å². The lowest BCUT2D eigenvalue weighted by Gasteiger charge is -2.22. The molecule has 0 aromatic heterocycles. The Morgan fingerprint density at radius 1 is 1.11 bits per heavy atom. The molecule has 27 heavy (non-hydrogen) atoms. The highest BCUT2D eigenvalue weighted by molar-refractivity contribution is 5.86. The molecule has 1 amide bonds. The van der Waals surface area contributed by atoms with Gasteiger partial charge in [0.15, 0.2) is 0 Å². The molecule has 0 aliphatic rings. The van der Waals surface area contributed by atoms with Gasteiger partial charge in [0.25, 0.3) is 0 Å². The van der Waals surface area contributed by atoms with E-state index in [9.17, 15) is 14.4 Å². The highest BCUT2D eigenvalue weighted by atomic mass is 16.6. The van der Waals surface area contributed by atoms with Crippen LogP contribution in [0.15, 0.2) is 30.3 Å². The Kier molecular flexibility index (Phi) is 8.98. The molecule has 0 saturated carbocycles.